The van der Waals surface area contributed by atoms with Crippen molar-refractivity contribution in [2.45, 2.75) is 92.1 Å². The molecule has 5 N–H and O–H groups in total. The molecule has 18 nitrogen and oxygen atoms in total. The van der Waals surface area contributed by atoms with Crippen LogP contribution in [0, 0.1) is 12.3 Å². The Bertz CT molecular complexity index is 2310. The number of rotatable bonds is 31. The van der Waals surface area contributed by atoms with Crippen molar-refractivity contribution in [1.29, 1.82) is 0 Å². The maximum Gasteiger partial charge on any atom is 0.411 e. The minimum absolute atomic E-state index is 0.157. The highest BCUT2D eigenvalue weighted by atomic mass is 16.6. The lowest BCUT2D eigenvalue weighted by atomic mass is 9.91. The number of aryl methyl sites for hydroxylation is 1. The molecule has 0 saturated heterocycles. The molecular formula is C56H78N6O12. The van der Waals surface area contributed by atoms with Crippen molar-refractivity contribution in [3.05, 3.63) is 125 Å². The molecule has 4 atom stereocenters. The van der Waals surface area contributed by atoms with Crippen LogP contribution in [-0.4, -0.2) is 139 Å². The van der Waals surface area contributed by atoms with Crippen LogP contribution in [-0.2, 0) is 55.6 Å². The van der Waals surface area contributed by atoms with Crippen molar-refractivity contribution >= 4 is 47.2 Å². The summed E-state index contributed by atoms with van der Waals surface area (Å²) in [6.07, 6.45) is -1.15. The third-order valence-electron chi connectivity index (χ3n) is 11.6. The van der Waals surface area contributed by atoms with Crippen LogP contribution in [0.3, 0.4) is 0 Å². The molecule has 0 heterocycles. The van der Waals surface area contributed by atoms with Crippen molar-refractivity contribution in [2.75, 3.05) is 95.9 Å². The number of nitrogens with one attached hydrogen (secondary N) is 5. The predicted molar refractivity (Wildman–Crippen MR) is 286 cm³/mol. The third kappa shape index (κ3) is 23.1. The van der Waals surface area contributed by atoms with Crippen LogP contribution in [0.4, 0.5) is 31.4 Å². The van der Waals surface area contributed by atoms with E-state index in [-0.39, 0.29) is 43.8 Å². The van der Waals surface area contributed by atoms with E-state index in [0.717, 1.165) is 23.1 Å². The van der Waals surface area contributed by atoms with Crippen LogP contribution in [0.15, 0.2) is 97.1 Å². The Hall–Kier alpha value is -6.57. The number of methoxy groups -OCH3 is 1. The van der Waals surface area contributed by atoms with Crippen LogP contribution < -0.4 is 26.6 Å². The Labute approximate surface area is 436 Å². The summed E-state index contributed by atoms with van der Waals surface area (Å²) in [7, 11) is 3.11. The van der Waals surface area contributed by atoms with Gasteiger partial charge in [0.05, 0.1) is 45.2 Å². The second kappa shape index (κ2) is 31.9. The van der Waals surface area contributed by atoms with Gasteiger partial charge in [-0.15, -0.1) is 0 Å². The highest BCUT2D eigenvalue weighted by Crippen LogP contribution is 2.19. The molecular weight excluding hydrogens is 949 g/mol. The predicted octanol–water partition coefficient (Wildman–Crippen LogP) is 8.35. The number of nitrogens with zero attached hydrogens (tertiary/aromatic N) is 1. The molecule has 4 aromatic carbocycles. The van der Waals surface area contributed by atoms with Gasteiger partial charge in [0.25, 0.3) is 0 Å². The van der Waals surface area contributed by atoms with Crippen LogP contribution in [0.25, 0.3) is 0 Å². The van der Waals surface area contributed by atoms with Crippen LogP contribution in [0.5, 0.6) is 0 Å². The summed E-state index contributed by atoms with van der Waals surface area (Å²) in [6, 6.07) is 31.0. The molecule has 404 valence electrons. The van der Waals surface area contributed by atoms with E-state index in [1.54, 1.807) is 59.1 Å². The average Bonchev–Trinajstić information content (AvgIpc) is 3.37. The Balaban J connectivity index is 1.04. The van der Waals surface area contributed by atoms with Crippen molar-refractivity contribution in [3.8, 4) is 0 Å². The second-order valence-electron chi connectivity index (χ2n) is 18.8. The van der Waals surface area contributed by atoms with Gasteiger partial charge in [0.1, 0.15) is 24.2 Å². The summed E-state index contributed by atoms with van der Waals surface area (Å²) in [5.74, 6) is -0.697. The van der Waals surface area contributed by atoms with Crippen LogP contribution in [0.1, 0.15) is 75.8 Å². The van der Waals surface area contributed by atoms with E-state index >= 15 is 0 Å². The number of hydrogen-bond donors (Lipinski definition) is 5. The fraction of sp³-hybridized carbons (Fsp3) is 0.482. The van der Waals surface area contributed by atoms with Gasteiger partial charge < -0.3 is 43.8 Å². The second-order valence-corrected chi connectivity index (χ2v) is 18.8. The molecule has 5 amide bonds. The number of ether oxygens (including phenoxy) is 7. The molecule has 0 spiro atoms. The third-order valence-corrected chi connectivity index (χ3v) is 11.6. The molecule has 4 aromatic rings. The van der Waals surface area contributed by atoms with Crippen molar-refractivity contribution in [2.24, 2.45) is 5.41 Å². The van der Waals surface area contributed by atoms with Crippen LogP contribution in [0.2, 0.25) is 0 Å². The summed E-state index contributed by atoms with van der Waals surface area (Å²) in [5, 5.41) is 13.6. The summed E-state index contributed by atoms with van der Waals surface area (Å²) in [5.41, 5.74) is 6.28. The molecule has 0 aliphatic carbocycles. The van der Waals surface area contributed by atoms with E-state index in [0.29, 0.717) is 75.9 Å². The minimum atomic E-state index is -1.17. The molecule has 18 heteroatoms. The fourth-order valence-electron chi connectivity index (χ4n) is 7.24. The minimum Gasteiger partial charge on any atom is -0.448 e. The van der Waals surface area contributed by atoms with Gasteiger partial charge in [-0.1, -0.05) is 66.2 Å². The summed E-state index contributed by atoms with van der Waals surface area (Å²) >= 11 is 0. The van der Waals surface area contributed by atoms with Crippen molar-refractivity contribution < 1.29 is 57.1 Å². The first-order chi connectivity index (χ1) is 35.4. The lowest BCUT2D eigenvalue weighted by molar-refractivity contribution is -0.141. The molecule has 0 saturated carbocycles. The van der Waals surface area contributed by atoms with Gasteiger partial charge in [0.2, 0.25) is 11.8 Å². The Morgan fingerprint density at radius 2 is 0.959 bits per heavy atom. The number of benzene rings is 4. The van der Waals surface area contributed by atoms with E-state index in [1.165, 1.54) is 18.2 Å². The first-order valence-electron chi connectivity index (χ1n) is 25.2. The maximum absolute atomic E-state index is 12.6. The SMILES string of the molecule is CNC(=O)C(C)(C)C(=O)NCCCN(CCOC)CCOC(=O)Nc1ccc(Cc2ccc(NC(=O)OC(C)COC(C)COC(C)COCC(C)OC(=O)Nc3ccc(Cc4ccc(C)cc4)cc3)cc2)cc1. The van der Waals surface area contributed by atoms with Gasteiger partial charge in [0, 0.05) is 57.4 Å². The van der Waals surface area contributed by atoms with E-state index < -0.39 is 35.9 Å². The van der Waals surface area contributed by atoms with Gasteiger partial charge in [-0.3, -0.25) is 30.4 Å². The van der Waals surface area contributed by atoms with Gasteiger partial charge in [-0.05, 0) is 126 Å². The molecule has 0 aromatic heterocycles. The highest BCUT2D eigenvalue weighted by Gasteiger charge is 2.35. The first-order valence-corrected chi connectivity index (χ1v) is 25.2. The van der Waals surface area contributed by atoms with Gasteiger partial charge in [-0.25, -0.2) is 14.4 Å². The standard InChI is InChI=1S/C56H78N6O12/c1-39-11-13-44(14-12-39)33-45-17-23-49(24-18-45)60-54(66)73-42(4)36-69-35-40(2)71-37-41(3)72-38-43(5)74-55(67)61-50-25-19-47(20-26-50)34-46-15-21-48(22-16-46)59-53(65)70-32-30-62(29-31-68-9)28-10-27-58-52(64)56(6,7)51(63)57-8/h11-26,40-43H,10,27-38H2,1-9H3,(H,57,63)(H,58,64)(H,59,65)(H,60,66)(H,61,67). The number of amides is 5. The van der Waals surface area contributed by atoms with Gasteiger partial charge in [-0.2, -0.15) is 0 Å². The Morgan fingerprint density at radius 1 is 0.541 bits per heavy atom. The Kier molecular flexibility index (Phi) is 25.9. The quantitative estimate of drug-likeness (QED) is 0.0182. The molecule has 4 unspecified atom stereocenters. The van der Waals surface area contributed by atoms with Gasteiger partial charge in [0.15, 0.2) is 0 Å². The lowest BCUT2D eigenvalue weighted by Crippen LogP contribution is -2.47. The molecule has 4 rings (SSSR count). The number of carbonyl (C=O) groups excluding carboxylic acids is 5. The zero-order chi connectivity index (χ0) is 53.9. The topological polar surface area (TPSA) is 213 Å². The summed E-state index contributed by atoms with van der Waals surface area (Å²) in [6.45, 7) is 16.2. The normalized spacial score (nSPS) is 12.9. The van der Waals surface area contributed by atoms with Gasteiger partial charge >= 0.3 is 18.3 Å². The molecule has 0 bridgehead atoms. The average molecular weight is 1030 g/mol. The van der Waals surface area contributed by atoms with Crippen molar-refractivity contribution in [1.82, 2.24) is 15.5 Å². The zero-order valence-corrected chi connectivity index (χ0v) is 44.6. The van der Waals surface area contributed by atoms with E-state index in [1.807, 2.05) is 62.4 Å². The Morgan fingerprint density at radius 3 is 1.45 bits per heavy atom. The number of hydrogen-bond acceptors (Lipinski definition) is 13. The van der Waals surface area contributed by atoms with E-state index in [9.17, 15) is 24.0 Å². The smallest absolute Gasteiger partial charge is 0.411 e. The monoisotopic (exact) mass is 1030 g/mol. The molecule has 0 fully saturated rings. The van der Waals surface area contributed by atoms with Crippen LogP contribution >= 0.6 is 0 Å². The largest absolute Gasteiger partial charge is 0.448 e. The summed E-state index contributed by atoms with van der Waals surface area (Å²) in [4.78, 5) is 64.2. The fourth-order valence-corrected chi connectivity index (χ4v) is 7.24. The van der Waals surface area contributed by atoms with E-state index in [4.69, 9.17) is 33.2 Å². The molecule has 0 aliphatic rings. The highest BCUT2D eigenvalue weighted by molar-refractivity contribution is 6.04. The molecule has 0 radical (unpaired) electrons. The summed E-state index contributed by atoms with van der Waals surface area (Å²) < 4.78 is 39.1. The molecule has 0 aliphatic heterocycles. The number of anilines is 3. The van der Waals surface area contributed by atoms with Crippen molar-refractivity contribution in [3.63, 3.8) is 0 Å². The lowest BCUT2D eigenvalue weighted by Gasteiger charge is -2.23. The number of carbonyl (C=O) groups is 5. The maximum atomic E-state index is 12.6. The first kappa shape index (κ1) is 60.0. The zero-order valence-electron chi connectivity index (χ0n) is 44.6. The molecule has 74 heavy (non-hydrogen) atoms. The van der Waals surface area contributed by atoms with E-state index in [2.05, 4.69) is 62.7 Å².